The Morgan fingerprint density at radius 2 is 2.18 bits per heavy atom. The minimum atomic E-state index is -0.431. The standard InChI is InChI=1S/C13H20N2O2/c1-10-3-4-11(2)12(7-10)8-15-5-6-17-9-13(14)16/h3-4,7,15H,5-6,8-9H2,1-2H3,(H2,14,16). The Labute approximate surface area is 102 Å². The second kappa shape index (κ2) is 7.04. The monoisotopic (exact) mass is 236 g/mol. The van der Waals surface area contributed by atoms with Crippen molar-refractivity contribution in [3.05, 3.63) is 34.9 Å². The molecule has 1 rings (SSSR count). The third-order valence-electron chi connectivity index (χ3n) is 2.49. The lowest BCUT2D eigenvalue weighted by Crippen LogP contribution is -2.24. The third kappa shape index (κ3) is 5.47. The number of hydrogen-bond donors (Lipinski definition) is 2. The number of carbonyl (C=O) groups is 1. The van der Waals surface area contributed by atoms with Crippen LogP contribution in [0, 0.1) is 13.8 Å². The van der Waals surface area contributed by atoms with Crippen molar-refractivity contribution in [3.63, 3.8) is 0 Å². The van der Waals surface area contributed by atoms with Gasteiger partial charge in [-0.05, 0) is 25.0 Å². The molecular weight excluding hydrogens is 216 g/mol. The van der Waals surface area contributed by atoms with E-state index >= 15 is 0 Å². The van der Waals surface area contributed by atoms with Gasteiger partial charge in [0.2, 0.25) is 5.91 Å². The van der Waals surface area contributed by atoms with Crippen molar-refractivity contribution in [3.8, 4) is 0 Å². The van der Waals surface area contributed by atoms with Gasteiger partial charge in [0.25, 0.3) is 0 Å². The van der Waals surface area contributed by atoms with E-state index in [-0.39, 0.29) is 6.61 Å². The first-order valence-corrected chi connectivity index (χ1v) is 5.72. The Hall–Kier alpha value is -1.39. The molecule has 1 aromatic carbocycles. The van der Waals surface area contributed by atoms with E-state index < -0.39 is 5.91 Å². The Morgan fingerprint density at radius 1 is 1.41 bits per heavy atom. The van der Waals surface area contributed by atoms with Crippen LogP contribution in [0.15, 0.2) is 18.2 Å². The largest absolute Gasteiger partial charge is 0.370 e. The molecule has 4 heteroatoms. The van der Waals surface area contributed by atoms with Crippen LogP contribution >= 0.6 is 0 Å². The Kier molecular flexibility index (Phi) is 5.66. The molecule has 0 bridgehead atoms. The first kappa shape index (κ1) is 13.7. The summed E-state index contributed by atoms with van der Waals surface area (Å²) in [7, 11) is 0. The molecule has 94 valence electrons. The van der Waals surface area contributed by atoms with Crippen molar-refractivity contribution < 1.29 is 9.53 Å². The van der Waals surface area contributed by atoms with Crippen LogP contribution in [0.2, 0.25) is 0 Å². The van der Waals surface area contributed by atoms with E-state index in [1.54, 1.807) is 0 Å². The van der Waals surface area contributed by atoms with Gasteiger partial charge in [0.15, 0.2) is 0 Å². The van der Waals surface area contributed by atoms with Crippen molar-refractivity contribution in [2.24, 2.45) is 5.73 Å². The van der Waals surface area contributed by atoms with Crippen LogP contribution in [0.3, 0.4) is 0 Å². The number of aryl methyl sites for hydroxylation is 2. The summed E-state index contributed by atoms with van der Waals surface area (Å²) in [5, 5.41) is 3.27. The number of nitrogens with two attached hydrogens (primary N) is 1. The van der Waals surface area contributed by atoms with Crippen LogP contribution in [0.1, 0.15) is 16.7 Å². The van der Waals surface area contributed by atoms with Gasteiger partial charge in [-0.2, -0.15) is 0 Å². The number of primary amides is 1. The van der Waals surface area contributed by atoms with Crippen molar-refractivity contribution in [2.45, 2.75) is 20.4 Å². The average molecular weight is 236 g/mol. The molecular formula is C13H20N2O2. The van der Waals surface area contributed by atoms with Crippen molar-refractivity contribution in [1.29, 1.82) is 0 Å². The fraction of sp³-hybridized carbons (Fsp3) is 0.462. The Bertz CT molecular complexity index is 378. The van der Waals surface area contributed by atoms with Crippen LogP contribution < -0.4 is 11.1 Å². The topological polar surface area (TPSA) is 64.3 Å². The molecule has 0 unspecified atom stereocenters. The van der Waals surface area contributed by atoms with Gasteiger partial charge in [0, 0.05) is 13.1 Å². The molecule has 0 atom stereocenters. The number of amides is 1. The minimum absolute atomic E-state index is 0.00878. The maximum atomic E-state index is 10.4. The highest BCUT2D eigenvalue weighted by atomic mass is 16.5. The molecule has 0 radical (unpaired) electrons. The zero-order valence-electron chi connectivity index (χ0n) is 10.5. The lowest BCUT2D eigenvalue weighted by atomic mass is 10.1. The molecule has 0 aliphatic rings. The summed E-state index contributed by atoms with van der Waals surface area (Å²) in [5.41, 5.74) is 8.78. The summed E-state index contributed by atoms with van der Waals surface area (Å²) >= 11 is 0. The van der Waals surface area contributed by atoms with Crippen molar-refractivity contribution in [1.82, 2.24) is 5.32 Å². The summed E-state index contributed by atoms with van der Waals surface area (Å²) in [4.78, 5) is 10.4. The summed E-state index contributed by atoms with van der Waals surface area (Å²) in [6, 6.07) is 6.40. The zero-order chi connectivity index (χ0) is 12.7. The highest BCUT2D eigenvalue weighted by molar-refractivity contribution is 5.74. The van der Waals surface area contributed by atoms with Crippen LogP contribution in [0.5, 0.6) is 0 Å². The van der Waals surface area contributed by atoms with Gasteiger partial charge in [0.1, 0.15) is 6.61 Å². The Balaban J connectivity index is 2.22. The molecule has 0 fully saturated rings. The van der Waals surface area contributed by atoms with E-state index in [1.165, 1.54) is 16.7 Å². The van der Waals surface area contributed by atoms with E-state index in [2.05, 4.69) is 37.4 Å². The molecule has 4 nitrogen and oxygen atoms in total. The van der Waals surface area contributed by atoms with Gasteiger partial charge in [0.05, 0.1) is 6.61 Å². The number of carbonyl (C=O) groups excluding carboxylic acids is 1. The van der Waals surface area contributed by atoms with Gasteiger partial charge in [-0.3, -0.25) is 4.79 Å². The fourth-order valence-corrected chi connectivity index (χ4v) is 1.53. The van der Waals surface area contributed by atoms with Gasteiger partial charge < -0.3 is 15.8 Å². The van der Waals surface area contributed by atoms with Gasteiger partial charge in [-0.1, -0.05) is 23.8 Å². The molecule has 0 aliphatic heterocycles. The quantitative estimate of drug-likeness (QED) is 0.691. The molecule has 0 saturated heterocycles. The molecule has 0 heterocycles. The summed E-state index contributed by atoms with van der Waals surface area (Å²) in [6.45, 7) is 6.19. The average Bonchev–Trinajstić information content (AvgIpc) is 2.27. The van der Waals surface area contributed by atoms with Crippen LogP contribution in [-0.2, 0) is 16.1 Å². The van der Waals surface area contributed by atoms with E-state index in [4.69, 9.17) is 10.5 Å². The summed E-state index contributed by atoms with van der Waals surface area (Å²) in [5.74, 6) is -0.431. The van der Waals surface area contributed by atoms with E-state index in [0.717, 1.165) is 6.54 Å². The summed E-state index contributed by atoms with van der Waals surface area (Å²) < 4.78 is 5.05. The molecule has 0 spiro atoms. The lowest BCUT2D eigenvalue weighted by molar-refractivity contribution is -0.122. The second-order valence-corrected chi connectivity index (χ2v) is 4.13. The predicted octanol–water partition coefficient (Wildman–Crippen LogP) is 0.895. The van der Waals surface area contributed by atoms with E-state index in [0.29, 0.717) is 13.2 Å². The highest BCUT2D eigenvalue weighted by Gasteiger charge is 1.98. The SMILES string of the molecule is Cc1ccc(C)c(CNCCOCC(N)=O)c1. The van der Waals surface area contributed by atoms with Crippen LogP contribution in [-0.4, -0.2) is 25.7 Å². The summed E-state index contributed by atoms with van der Waals surface area (Å²) in [6.07, 6.45) is 0. The maximum Gasteiger partial charge on any atom is 0.243 e. The third-order valence-corrected chi connectivity index (χ3v) is 2.49. The van der Waals surface area contributed by atoms with Crippen LogP contribution in [0.25, 0.3) is 0 Å². The molecule has 3 N–H and O–H groups in total. The van der Waals surface area contributed by atoms with Crippen LogP contribution in [0.4, 0.5) is 0 Å². The van der Waals surface area contributed by atoms with Crippen molar-refractivity contribution >= 4 is 5.91 Å². The fourth-order valence-electron chi connectivity index (χ4n) is 1.53. The second-order valence-electron chi connectivity index (χ2n) is 4.13. The number of benzene rings is 1. The van der Waals surface area contributed by atoms with Gasteiger partial charge in [-0.25, -0.2) is 0 Å². The molecule has 0 aromatic heterocycles. The van der Waals surface area contributed by atoms with Gasteiger partial charge >= 0.3 is 0 Å². The number of hydrogen-bond acceptors (Lipinski definition) is 3. The number of rotatable bonds is 7. The lowest BCUT2D eigenvalue weighted by Gasteiger charge is -2.08. The molecule has 0 saturated carbocycles. The smallest absolute Gasteiger partial charge is 0.243 e. The van der Waals surface area contributed by atoms with E-state index in [1.807, 2.05) is 0 Å². The Morgan fingerprint density at radius 3 is 2.88 bits per heavy atom. The highest BCUT2D eigenvalue weighted by Crippen LogP contribution is 2.09. The molecule has 1 amide bonds. The first-order valence-electron chi connectivity index (χ1n) is 5.72. The minimum Gasteiger partial charge on any atom is -0.370 e. The van der Waals surface area contributed by atoms with Crippen molar-refractivity contribution in [2.75, 3.05) is 19.8 Å². The number of nitrogens with one attached hydrogen (secondary N) is 1. The van der Waals surface area contributed by atoms with E-state index in [9.17, 15) is 4.79 Å². The first-order chi connectivity index (χ1) is 8.09. The molecule has 17 heavy (non-hydrogen) atoms. The maximum absolute atomic E-state index is 10.4. The number of ether oxygens (including phenoxy) is 1. The van der Waals surface area contributed by atoms with Gasteiger partial charge in [-0.15, -0.1) is 0 Å². The molecule has 0 aliphatic carbocycles. The normalized spacial score (nSPS) is 10.5. The zero-order valence-corrected chi connectivity index (χ0v) is 10.5. The molecule has 1 aromatic rings. The predicted molar refractivity (Wildman–Crippen MR) is 67.6 cm³/mol.